The van der Waals surface area contributed by atoms with Gasteiger partial charge in [0.2, 0.25) is 5.91 Å². The first-order chi connectivity index (χ1) is 16.0. The molecule has 1 fully saturated rings. The first-order valence-electron chi connectivity index (χ1n) is 11.0. The first kappa shape index (κ1) is 25.1. The molecule has 7 nitrogen and oxygen atoms in total. The average molecular weight is 491 g/mol. The lowest BCUT2D eigenvalue weighted by Crippen LogP contribution is -2.43. The monoisotopic (exact) mass is 490 g/mol. The number of para-hydroxylation sites is 1. The summed E-state index contributed by atoms with van der Waals surface area (Å²) in [6.45, 7) is 4.26. The van der Waals surface area contributed by atoms with E-state index in [1.165, 1.54) is 0 Å². The zero-order chi connectivity index (χ0) is 23.6. The number of halogens is 1. The number of methoxy groups -OCH3 is 2. The summed E-state index contributed by atoms with van der Waals surface area (Å²) in [6, 6.07) is 13.0. The van der Waals surface area contributed by atoms with Crippen LogP contribution in [0.25, 0.3) is 0 Å². The number of carbonyl (C=O) groups excluding carboxylic acids is 1. The van der Waals surface area contributed by atoms with Crippen LogP contribution in [0.2, 0.25) is 5.02 Å². The van der Waals surface area contributed by atoms with Crippen molar-refractivity contribution >= 4 is 40.5 Å². The highest BCUT2D eigenvalue weighted by Crippen LogP contribution is 2.24. The highest BCUT2D eigenvalue weighted by Gasteiger charge is 2.19. The molecule has 0 saturated carbocycles. The SMILES string of the molecule is COc1ccc(OC)c(CCNC(=S)N2CCCN(CC(=O)Nc3ccccc3Cl)CC2)c1. The van der Waals surface area contributed by atoms with E-state index in [1.807, 2.05) is 30.3 Å². The lowest BCUT2D eigenvalue weighted by molar-refractivity contribution is -0.117. The largest absolute Gasteiger partial charge is 0.497 e. The van der Waals surface area contributed by atoms with Gasteiger partial charge in [-0.3, -0.25) is 9.69 Å². The summed E-state index contributed by atoms with van der Waals surface area (Å²) < 4.78 is 10.8. The van der Waals surface area contributed by atoms with Crippen molar-refractivity contribution in [2.24, 2.45) is 0 Å². The Labute approximate surface area is 206 Å². The lowest BCUT2D eigenvalue weighted by Gasteiger charge is -2.24. The van der Waals surface area contributed by atoms with Crippen molar-refractivity contribution < 1.29 is 14.3 Å². The second-order valence-corrected chi connectivity index (χ2v) is 8.60. The maximum Gasteiger partial charge on any atom is 0.238 e. The Morgan fingerprint density at radius 1 is 1.09 bits per heavy atom. The Hall–Kier alpha value is -2.55. The molecular weight excluding hydrogens is 460 g/mol. The van der Waals surface area contributed by atoms with Gasteiger partial charge in [0.1, 0.15) is 11.5 Å². The molecule has 1 heterocycles. The molecule has 3 rings (SSSR count). The molecule has 0 unspecified atom stereocenters. The molecule has 1 aliphatic rings. The molecule has 2 N–H and O–H groups in total. The van der Waals surface area contributed by atoms with Gasteiger partial charge in [0.25, 0.3) is 0 Å². The van der Waals surface area contributed by atoms with Gasteiger partial charge in [0.05, 0.1) is 31.5 Å². The van der Waals surface area contributed by atoms with Gasteiger partial charge in [-0.05, 0) is 61.0 Å². The van der Waals surface area contributed by atoms with Crippen molar-refractivity contribution in [1.29, 1.82) is 0 Å². The summed E-state index contributed by atoms with van der Waals surface area (Å²) in [5.41, 5.74) is 1.71. The number of anilines is 1. The van der Waals surface area contributed by atoms with Crippen molar-refractivity contribution in [3.05, 3.63) is 53.1 Å². The van der Waals surface area contributed by atoms with E-state index < -0.39 is 0 Å². The summed E-state index contributed by atoms with van der Waals surface area (Å²) in [6.07, 6.45) is 1.70. The summed E-state index contributed by atoms with van der Waals surface area (Å²) in [7, 11) is 3.32. The van der Waals surface area contributed by atoms with Crippen LogP contribution in [0.15, 0.2) is 42.5 Å². The van der Waals surface area contributed by atoms with E-state index in [0.717, 1.165) is 61.2 Å². The van der Waals surface area contributed by atoms with Crippen LogP contribution < -0.4 is 20.1 Å². The van der Waals surface area contributed by atoms with Gasteiger partial charge in [-0.1, -0.05) is 23.7 Å². The molecule has 0 aliphatic carbocycles. The standard InChI is InChI=1S/C24H31ClN4O3S/c1-31-19-8-9-22(32-2)18(16-19)10-11-26-24(33)29-13-5-12-28(14-15-29)17-23(30)27-21-7-4-3-6-20(21)25/h3-4,6-9,16H,5,10-15,17H2,1-2H3,(H,26,33)(H,27,30). The molecule has 1 aliphatic heterocycles. The normalized spacial score (nSPS) is 14.3. The van der Waals surface area contributed by atoms with Crippen LogP contribution in [0.3, 0.4) is 0 Å². The smallest absolute Gasteiger partial charge is 0.238 e. The van der Waals surface area contributed by atoms with Gasteiger partial charge in [0.15, 0.2) is 5.11 Å². The third-order valence-electron chi connectivity index (χ3n) is 5.55. The maximum absolute atomic E-state index is 12.5. The number of rotatable bonds is 8. The van der Waals surface area contributed by atoms with Gasteiger partial charge in [-0.2, -0.15) is 0 Å². The number of carbonyl (C=O) groups is 1. The summed E-state index contributed by atoms with van der Waals surface area (Å²) in [5, 5.41) is 7.52. The molecule has 0 bridgehead atoms. The molecule has 33 heavy (non-hydrogen) atoms. The third kappa shape index (κ3) is 7.48. The van der Waals surface area contributed by atoms with Crippen LogP contribution in [0.1, 0.15) is 12.0 Å². The van der Waals surface area contributed by atoms with Gasteiger partial charge in [-0.25, -0.2) is 0 Å². The minimum atomic E-state index is -0.0653. The van der Waals surface area contributed by atoms with Crippen LogP contribution >= 0.6 is 23.8 Å². The Bertz CT molecular complexity index is 959. The molecule has 0 spiro atoms. The predicted molar refractivity (Wildman–Crippen MR) is 137 cm³/mol. The molecule has 0 aromatic heterocycles. The minimum absolute atomic E-state index is 0.0653. The van der Waals surface area contributed by atoms with Crippen molar-refractivity contribution in [3.8, 4) is 11.5 Å². The number of ether oxygens (including phenoxy) is 2. The Balaban J connectivity index is 1.44. The number of amides is 1. The van der Waals surface area contributed by atoms with E-state index >= 15 is 0 Å². The van der Waals surface area contributed by atoms with Crippen LogP contribution in [0, 0.1) is 0 Å². The Morgan fingerprint density at radius 2 is 1.91 bits per heavy atom. The number of nitrogens with zero attached hydrogens (tertiary/aromatic N) is 2. The fourth-order valence-corrected chi connectivity index (χ4v) is 4.25. The summed E-state index contributed by atoms with van der Waals surface area (Å²) in [4.78, 5) is 16.8. The van der Waals surface area contributed by atoms with Crippen molar-refractivity contribution in [1.82, 2.24) is 15.1 Å². The molecule has 0 radical (unpaired) electrons. The minimum Gasteiger partial charge on any atom is -0.497 e. The van der Waals surface area contributed by atoms with E-state index in [4.69, 9.17) is 33.3 Å². The zero-order valence-electron chi connectivity index (χ0n) is 19.1. The van der Waals surface area contributed by atoms with Gasteiger partial charge in [0, 0.05) is 32.7 Å². The average Bonchev–Trinajstić information content (AvgIpc) is 3.06. The van der Waals surface area contributed by atoms with Crippen molar-refractivity contribution in [3.63, 3.8) is 0 Å². The summed E-state index contributed by atoms with van der Waals surface area (Å²) in [5.74, 6) is 1.58. The molecule has 1 saturated heterocycles. The van der Waals surface area contributed by atoms with Gasteiger partial charge < -0.3 is 25.0 Å². The maximum atomic E-state index is 12.5. The quantitative estimate of drug-likeness (QED) is 0.549. The predicted octanol–water partition coefficient (Wildman–Crippen LogP) is 3.42. The van der Waals surface area contributed by atoms with E-state index in [9.17, 15) is 4.79 Å². The van der Waals surface area contributed by atoms with E-state index in [1.54, 1.807) is 26.4 Å². The fraction of sp³-hybridized carbons (Fsp3) is 0.417. The number of hydrogen-bond donors (Lipinski definition) is 2. The topological polar surface area (TPSA) is 66.1 Å². The van der Waals surface area contributed by atoms with Crippen LogP contribution in [0.4, 0.5) is 5.69 Å². The van der Waals surface area contributed by atoms with E-state index in [2.05, 4.69) is 20.4 Å². The summed E-state index contributed by atoms with van der Waals surface area (Å²) >= 11 is 11.8. The molecular formula is C24H31ClN4O3S. The van der Waals surface area contributed by atoms with Crippen LogP contribution in [-0.2, 0) is 11.2 Å². The first-order valence-corrected chi connectivity index (χ1v) is 11.8. The number of thiocarbonyl (C=S) groups is 1. The molecule has 1 amide bonds. The van der Waals surface area contributed by atoms with Crippen molar-refractivity contribution in [2.75, 3.05) is 58.8 Å². The Kier molecular flexibility index (Phi) is 9.60. The van der Waals surface area contributed by atoms with Gasteiger partial charge in [-0.15, -0.1) is 0 Å². The highest BCUT2D eigenvalue weighted by atomic mass is 35.5. The van der Waals surface area contributed by atoms with Crippen LogP contribution in [0.5, 0.6) is 11.5 Å². The molecule has 9 heteroatoms. The highest BCUT2D eigenvalue weighted by molar-refractivity contribution is 7.80. The van der Waals surface area contributed by atoms with E-state index in [0.29, 0.717) is 23.8 Å². The third-order valence-corrected chi connectivity index (χ3v) is 6.28. The van der Waals surface area contributed by atoms with Crippen LogP contribution in [-0.4, -0.2) is 74.3 Å². The molecule has 2 aromatic rings. The molecule has 0 atom stereocenters. The zero-order valence-corrected chi connectivity index (χ0v) is 20.7. The van der Waals surface area contributed by atoms with Gasteiger partial charge >= 0.3 is 0 Å². The molecule has 2 aromatic carbocycles. The number of benzene rings is 2. The molecule has 178 valence electrons. The van der Waals surface area contributed by atoms with Crippen molar-refractivity contribution in [2.45, 2.75) is 12.8 Å². The lowest BCUT2D eigenvalue weighted by atomic mass is 10.1. The fourth-order valence-electron chi connectivity index (χ4n) is 3.78. The van der Waals surface area contributed by atoms with E-state index in [-0.39, 0.29) is 5.91 Å². The number of hydrogen-bond acceptors (Lipinski definition) is 5. The number of nitrogens with one attached hydrogen (secondary N) is 2. The second-order valence-electron chi connectivity index (χ2n) is 7.80. The second kappa shape index (κ2) is 12.6. The Morgan fingerprint density at radius 3 is 2.67 bits per heavy atom.